The molecule has 19 heavy (non-hydrogen) atoms. The summed E-state index contributed by atoms with van der Waals surface area (Å²) in [6.07, 6.45) is 6.10. The molecule has 3 heterocycles. The molecule has 0 fully saturated rings. The Hall–Kier alpha value is -2.21. The van der Waals surface area contributed by atoms with E-state index in [1.807, 2.05) is 31.3 Å². The molecule has 0 saturated carbocycles. The normalized spacial score (nSPS) is 10.8. The Kier molecular flexibility index (Phi) is 3.00. The number of fused-ring (bicyclic) bond motifs is 1. The highest BCUT2D eigenvalue weighted by molar-refractivity contribution is 7.99. The van der Waals surface area contributed by atoms with Gasteiger partial charge in [0, 0.05) is 18.6 Å². The van der Waals surface area contributed by atoms with Crippen molar-refractivity contribution in [2.75, 3.05) is 0 Å². The molecular formula is C13H10N4OS. The van der Waals surface area contributed by atoms with Gasteiger partial charge in [-0.1, -0.05) is 6.07 Å². The van der Waals surface area contributed by atoms with Crippen molar-refractivity contribution in [3.05, 3.63) is 48.0 Å². The predicted molar refractivity (Wildman–Crippen MR) is 71.5 cm³/mol. The van der Waals surface area contributed by atoms with Crippen molar-refractivity contribution in [3.8, 4) is 0 Å². The second-order valence-corrected chi connectivity index (χ2v) is 4.95. The minimum Gasteiger partial charge on any atom is -0.296 e. The lowest BCUT2D eigenvalue weighted by Gasteiger charge is -1.97. The summed E-state index contributed by atoms with van der Waals surface area (Å²) in [6.45, 7) is 1.93. The molecule has 94 valence electrons. The van der Waals surface area contributed by atoms with Gasteiger partial charge in [0.25, 0.3) is 0 Å². The zero-order valence-electron chi connectivity index (χ0n) is 10.1. The van der Waals surface area contributed by atoms with Crippen LogP contribution in [0.2, 0.25) is 0 Å². The van der Waals surface area contributed by atoms with Crippen molar-refractivity contribution in [1.82, 2.24) is 19.4 Å². The largest absolute Gasteiger partial charge is 0.296 e. The van der Waals surface area contributed by atoms with Crippen LogP contribution in [-0.4, -0.2) is 25.6 Å². The molecule has 6 heteroatoms. The first-order valence-electron chi connectivity index (χ1n) is 5.66. The van der Waals surface area contributed by atoms with Crippen LogP contribution >= 0.6 is 11.8 Å². The van der Waals surface area contributed by atoms with Crippen LogP contribution in [0, 0.1) is 6.92 Å². The van der Waals surface area contributed by atoms with Gasteiger partial charge in [-0.2, -0.15) is 0 Å². The maximum absolute atomic E-state index is 11.2. The maximum Gasteiger partial charge on any atom is 0.193 e. The molecule has 0 aliphatic heterocycles. The molecule has 0 N–H and O–H groups in total. The van der Waals surface area contributed by atoms with Crippen LogP contribution in [0.1, 0.15) is 16.1 Å². The fourth-order valence-corrected chi connectivity index (χ4v) is 2.47. The summed E-state index contributed by atoms with van der Waals surface area (Å²) in [6, 6.07) is 5.60. The molecule has 3 rings (SSSR count). The molecule has 0 aliphatic rings. The quantitative estimate of drug-likeness (QED) is 0.540. The molecule has 0 atom stereocenters. The molecule has 0 spiro atoms. The zero-order valence-corrected chi connectivity index (χ0v) is 11.0. The number of rotatable bonds is 3. The number of hydrogen-bond acceptors (Lipinski definition) is 5. The van der Waals surface area contributed by atoms with Crippen LogP contribution in [0.25, 0.3) is 5.65 Å². The highest BCUT2D eigenvalue weighted by atomic mass is 32.2. The lowest BCUT2D eigenvalue weighted by Crippen LogP contribution is -1.92. The molecule has 0 aliphatic carbocycles. The molecule has 3 aromatic heterocycles. The topological polar surface area (TPSA) is 60.2 Å². The van der Waals surface area contributed by atoms with Gasteiger partial charge in [0.15, 0.2) is 11.4 Å². The SMILES string of the molecule is Cc1cnc(Sc2nc3ccccn3c2C=O)nc1. The van der Waals surface area contributed by atoms with E-state index in [9.17, 15) is 4.79 Å². The van der Waals surface area contributed by atoms with Gasteiger partial charge >= 0.3 is 0 Å². The minimum atomic E-state index is 0.518. The highest BCUT2D eigenvalue weighted by Crippen LogP contribution is 2.26. The molecule has 3 aromatic rings. The number of carbonyl (C=O) groups is 1. The number of aryl methyl sites for hydroxylation is 1. The first kappa shape index (κ1) is 11.9. The first-order chi connectivity index (χ1) is 9.28. The third-order valence-corrected chi connectivity index (χ3v) is 3.48. The van der Waals surface area contributed by atoms with E-state index in [1.54, 1.807) is 16.8 Å². The molecule has 0 aromatic carbocycles. The van der Waals surface area contributed by atoms with Gasteiger partial charge in [0.05, 0.1) is 0 Å². The Morgan fingerprint density at radius 3 is 2.79 bits per heavy atom. The Balaban J connectivity index is 2.05. The Morgan fingerprint density at radius 2 is 2.05 bits per heavy atom. The lowest BCUT2D eigenvalue weighted by atomic mass is 10.4. The van der Waals surface area contributed by atoms with Gasteiger partial charge in [-0.05, 0) is 36.4 Å². The summed E-state index contributed by atoms with van der Waals surface area (Å²) in [4.78, 5) is 24.1. The molecule has 0 radical (unpaired) electrons. The summed E-state index contributed by atoms with van der Waals surface area (Å²) < 4.78 is 1.75. The van der Waals surface area contributed by atoms with Gasteiger partial charge < -0.3 is 0 Å². The van der Waals surface area contributed by atoms with E-state index in [-0.39, 0.29) is 0 Å². The number of aromatic nitrogens is 4. The standard InChI is InChI=1S/C13H10N4OS/c1-9-6-14-13(15-7-9)19-12-10(8-18)17-5-3-2-4-11(17)16-12/h2-8H,1H3. The second-order valence-electron chi connectivity index (χ2n) is 3.99. The van der Waals surface area contributed by atoms with E-state index in [0.717, 1.165) is 17.5 Å². The van der Waals surface area contributed by atoms with Crippen LogP contribution in [0.5, 0.6) is 0 Å². The van der Waals surface area contributed by atoms with Gasteiger partial charge in [0.2, 0.25) is 0 Å². The van der Waals surface area contributed by atoms with Crippen molar-refractivity contribution in [2.45, 2.75) is 17.1 Å². The third kappa shape index (κ3) is 2.22. The fraction of sp³-hybridized carbons (Fsp3) is 0.0769. The molecule has 0 unspecified atom stereocenters. The minimum absolute atomic E-state index is 0.518. The number of aldehydes is 1. The molecular weight excluding hydrogens is 260 g/mol. The Labute approximate surface area is 113 Å². The van der Waals surface area contributed by atoms with Crippen molar-refractivity contribution in [1.29, 1.82) is 0 Å². The zero-order chi connectivity index (χ0) is 13.2. The molecule has 0 saturated heterocycles. The summed E-state index contributed by atoms with van der Waals surface area (Å²) in [7, 11) is 0. The van der Waals surface area contributed by atoms with Crippen molar-refractivity contribution in [2.24, 2.45) is 0 Å². The van der Waals surface area contributed by atoms with E-state index >= 15 is 0 Å². The number of pyridine rings is 1. The summed E-state index contributed by atoms with van der Waals surface area (Å²) in [5.41, 5.74) is 2.25. The Morgan fingerprint density at radius 1 is 1.26 bits per heavy atom. The van der Waals surface area contributed by atoms with E-state index in [1.165, 1.54) is 11.8 Å². The number of imidazole rings is 1. The van der Waals surface area contributed by atoms with Gasteiger partial charge in [-0.25, -0.2) is 15.0 Å². The summed E-state index contributed by atoms with van der Waals surface area (Å²) in [5.74, 6) is 0. The van der Waals surface area contributed by atoms with Gasteiger partial charge in [0.1, 0.15) is 16.4 Å². The van der Waals surface area contributed by atoms with Crippen molar-refractivity contribution in [3.63, 3.8) is 0 Å². The second kappa shape index (κ2) is 4.81. The monoisotopic (exact) mass is 270 g/mol. The summed E-state index contributed by atoms with van der Waals surface area (Å²) in [5, 5.41) is 1.20. The van der Waals surface area contributed by atoms with Crippen molar-refractivity contribution < 1.29 is 4.79 Å². The van der Waals surface area contributed by atoms with E-state index in [2.05, 4.69) is 15.0 Å². The third-order valence-electron chi connectivity index (χ3n) is 2.59. The first-order valence-corrected chi connectivity index (χ1v) is 6.48. The van der Waals surface area contributed by atoms with Crippen LogP contribution in [0.15, 0.2) is 47.0 Å². The van der Waals surface area contributed by atoms with Crippen molar-refractivity contribution >= 4 is 23.7 Å². The molecule has 0 bridgehead atoms. The van der Waals surface area contributed by atoms with Gasteiger partial charge in [-0.15, -0.1) is 0 Å². The average Bonchev–Trinajstić information content (AvgIpc) is 2.78. The smallest absolute Gasteiger partial charge is 0.193 e. The Bertz CT molecular complexity index is 736. The van der Waals surface area contributed by atoms with Crippen LogP contribution in [-0.2, 0) is 0 Å². The van der Waals surface area contributed by atoms with Crippen LogP contribution in [0.3, 0.4) is 0 Å². The molecule has 5 nitrogen and oxygen atoms in total. The van der Waals surface area contributed by atoms with Crippen LogP contribution < -0.4 is 0 Å². The lowest BCUT2D eigenvalue weighted by molar-refractivity contribution is 0.111. The van der Waals surface area contributed by atoms with Crippen LogP contribution in [0.4, 0.5) is 0 Å². The predicted octanol–water partition coefficient (Wildman–Crippen LogP) is 2.40. The molecule has 0 amide bonds. The fourth-order valence-electron chi connectivity index (χ4n) is 1.70. The van der Waals surface area contributed by atoms with E-state index in [0.29, 0.717) is 15.9 Å². The van der Waals surface area contributed by atoms with E-state index < -0.39 is 0 Å². The maximum atomic E-state index is 11.2. The van der Waals surface area contributed by atoms with E-state index in [4.69, 9.17) is 0 Å². The number of hydrogen-bond donors (Lipinski definition) is 0. The summed E-state index contributed by atoms with van der Waals surface area (Å²) >= 11 is 1.29. The number of carbonyl (C=O) groups excluding carboxylic acids is 1. The van der Waals surface area contributed by atoms with Gasteiger partial charge in [-0.3, -0.25) is 9.20 Å². The highest BCUT2D eigenvalue weighted by Gasteiger charge is 2.13. The average molecular weight is 270 g/mol. The number of nitrogens with zero attached hydrogens (tertiary/aromatic N) is 4.